The van der Waals surface area contributed by atoms with Gasteiger partial charge in [-0.25, -0.2) is 0 Å². The monoisotopic (exact) mass is 262 g/mol. The molecule has 2 N–H and O–H groups in total. The Morgan fingerprint density at radius 2 is 2.32 bits per heavy atom. The molecular weight excluding hydrogens is 240 g/mol. The average Bonchev–Trinajstić information content (AvgIpc) is 2.83. The molecule has 1 aliphatic rings. The molecule has 104 valence electrons. The van der Waals surface area contributed by atoms with Gasteiger partial charge in [-0.2, -0.15) is 0 Å². The maximum atomic E-state index is 10.8. The highest BCUT2D eigenvalue weighted by molar-refractivity contribution is 5.34. The third-order valence-electron chi connectivity index (χ3n) is 4.52. The molecule has 0 saturated heterocycles. The summed E-state index contributed by atoms with van der Waals surface area (Å²) in [4.78, 5) is 10.5. The van der Waals surface area contributed by atoms with Gasteiger partial charge in [-0.1, -0.05) is 25.5 Å². The van der Waals surface area contributed by atoms with E-state index >= 15 is 0 Å². The van der Waals surface area contributed by atoms with Crippen molar-refractivity contribution in [3.8, 4) is 0 Å². The highest BCUT2D eigenvalue weighted by atomic mass is 16.6. The van der Waals surface area contributed by atoms with Crippen LogP contribution < -0.4 is 5.73 Å². The Bertz CT molecular complexity index is 461. The molecule has 0 heterocycles. The van der Waals surface area contributed by atoms with Gasteiger partial charge in [0.15, 0.2) is 0 Å². The summed E-state index contributed by atoms with van der Waals surface area (Å²) < 4.78 is 0. The minimum absolute atomic E-state index is 0.149. The van der Waals surface area contributed by atoms with Crippen LogP contribution in [0.3, 0.4) is 0 Å². The van der Waals surface area contributed by atoms with Gasteiger partial charge in [-0.05, 0) is 49.1 Å². The van der Waals surface area contributed by atoms with Crippen molar-refractivity contribution in [2.75, 3.05) is 6.54 Å². The predicted molar refractivity (Wildman–Crippen MR) is 75.9 cm³/mol. The zero-order valence-electron chi connectivity index (χ0n) is 11.5. The van der Waals surface area contributed by atoms with Gasteiger partial charge in [0.05, 0.1) is 4.92 Å². The smallest absolute Gasteiger partial charge is 0.269 e. The molecule has 0 aromatic heterocycles. The molecule has 0 radical (unpaired) electrons. The second kappa shape index (κ2) is 5.70. The lowest BCUT2D eigenvalue weighted by atomic mass is 9.79. The van der Waals surface area contributed by atoms with Crippen LogP contribution in [0.4, 0.5) is 5.69 Å². The van der Waals surface area contributed by atoms with Gasteiger partial charge in [0.25, 0.3) is 5.69 Å². The zero-order chi connectivity index (χ0) is 13.9. The highest BCUT2D eigenvalue weighted by Gasteiger charge is 2.37. The first-order valence-corrected chi connectivity index (χ1v) is 7.02. The third-order valence-corrected chi connectivity index (χ3v) is 4.52. The molecule has 2 rings (SSSR count). The summed E-state index contributed by atoms with van der Waals surface area (Å²) in [5.74, 6) is 0.766. The summed E-state index contributed by atoms with van der Waals surface area (Å²) in [6, 6.07) is 6.98. The predicted octanol–water partition coefficient (Wildman–Crippen LogP) is 3.29. The Balaban J connectivity index is 2.15. The quantitative estimate of drug-likeness (QED) is 0.654. The number of hydrogen-bond acceptors (Lipinski definition) is 3. The van der Waals surface area contributed by atoms with Gasteiger partial charge < -0.3 is 5.73 Å². The molecule has 1 aromatic rings. The van der Waals surface area contributed by atoms with E-state index in [9.17, 15) is 10.1 Å². The molecule has 2 unspecified atom stereocenters. The van der Waals surface area contributed by atoms with Crippen molar-refractivity contribution < 1.29 is 4.92 Å². The Morgan fingerprint density at radius 3 is 2.89 bits per heavy atom. The second-order valence-electron chi connectivity index (χ2n) is 5.82. The molecule has 1 fully saturated rings. The van der Waals surface area contributed by atoms with Crippen molar-refractivity contribution in [2.24, 2.45) is 17.1 Å². The molecule has 0 spiro atoms. The fourth-order valence-corrected chi connectivity index (χ4v) is 3.31. The lowest BCUT2D eigenvalue weighted by Crippen LogP contribution is -2.30. The molecule has 1 aromatic carbocycles. The Kier molecular flexibility index (Phi) is 4.20. The largest absolute Gasteiger partial charge is 0.330 e. The molecular formula is C15H22N2O2. The molecule has 0 aliphatic heterocycles. The molecule has 4 heteroatoms. The first-order valence-electron chi connectivity index (χ1n) is 7.02. The molecule has 4 nitrogen and oxygen atoms in total. The van der Waals surface area contributed by atoms with Gasteiger partial charge in [0.2, 0.25) is 0 Å². The first kappa shape index (κ1) is 14.0. The van der Waals surface area contributed by atoms with Gasteiger partial charge in [-0.15, -0.1) is 0 Å². The maximum absolute atomic E-state index is 10.8. The number of non-ortho nitro benzene ring substituents is 1. The summed E-state index contributed by atoms with van der Waals surface area (Å²) in [7, 11) is 0. The highest BCUT2D eigenvalue weighted by Crippen LogP contribution is 2.44. The van der Waals surface area contributed by atoms with E-state index in [4.69, 9.17) is 5.73 Å². The summed E-state index contributed by atoms with van der Waals surface area (Å²) in [6.07, 6.45) is 5.61. The number of benzene rings is 1. The number of nitro groups is 1. The average molecular weight is 262 g/mol. The van der Waals surface area contributed by atoms with E-state index in [1.54, 1.807) is 18.2 Å². The molecule has 0 amide bonds. The summed E-state index contributed by atoms with van der Waals surface area (Å²) in [5.41, 5.74) is 7.36. The number of rotatable bonds is 5. The Morgan fingerprint density at radius 1 is 1.53 bits per heavy atom. The molecule has 19 heavy (non-hydrogen) atoms. The van der Waals surface area contributed by atoms with E-state index < -0.39 is 0 Å². The molecule has 1 saturated carbocycles. The fourth-order valence-electron chi connectivity index (χ4n) is 3.31. The maximum Gasteiger partial charge on any atom is 0.269 e. The van der Waals surface area contributed by atoms with Crippen LogP contribution in [-0.2, 0) is 6.42 Å². The van der Waals surface area contributed by atoms with Crippen LogP contribution in [0.15, 0.2) is 24.3 Å². The van der Waals surface area contributed by atoms with Crippen LogP contribution in [0.1, 0.15) is 38.2 Å². The number of hydrogen-bond donors (Lipinski definition) is 1. The van der Waals surface area contributed by atoms with E-state index in [-0.39, 0.29) is 16.0 Å². The van der Waals surface area contributed by atoms with Crippen LogP contribution in [-0.4, -0.2) is 11.5 Å². The van der Waals surface area contributed by atoms with E-state index in [0.29, 0.717) is 6.54 Å². The molecule has 1 aliphatic carbocycles. The first-order chi connectivity index (χ1) is 9.08. The van der Waals surface area contributed by atoms with E-state index in [0.717, 1.165) is 30.7 Å². The minimum Gasteiger partial charge on any atom is -0.330 e. The Hall–Kier alpha value is -1.42. The zero-order valence-corrected chi connectivity index (χ0v) is 11.5. The van der Waals surface area contributed by atoms with E-state index in [2.05, 4.69) is 6.92 Å². The topological polar surface area (TPSA) is 69.2 Å². The van der Waals surface area contributed by atoms with Crippen molar-refractivity contribution in [1.82, 2.24) is 0 Å². The van der Waals surface area contributed by atoms with Crippen molar-refractivity contribution in [3.05, 3.63) is 39.9 Å². The fraction of sp³-hybridized carbons (Fsp3) is 0.600. The Labute approximate surface area is 114 Å². The number of nitrogens with two attached hydrogens (primary N) is 1. The van der Waals surface area contributed by atoms with Gasteiger partial charge in [-0.3, -0.25) is 10.1 Å². The van der Waals surface area contributed by atoms with Crippen LogP contribution >= 0.6 is 0 Å². The van der Waals surface area contributed by atoms with Crippen LogP contribution in [0.25, 0.3) is 0 Å². The standard InChI is InChI=1S/C15H22N2O2/c1-2-12-6-7-15(9-12,11-16)10-13-4-3-5-14(8-13)17(18)19/h3-5,8,12H,2,6-7,9-11,16H2,1H3. The second-order valence-corrected chi connectivity index (χ2v) is 5.82. The third kappa shape index (κ3) is 3.13. The summed E-state index contributed by atoms with van der Waals surface area (Å²) in [5, 5.41) is 10.8. The van der Waals surface area contributed by atoms with Gasteiger partial charge in [0.1, 0.15) is 0 Å². The van der Waals surface area contributed by atoms with E-state index in [1.165, 1.54) is 12.8 Å². The summed E-state index contributed by atoms with van der Waals surface area (Å²) in [6.45, 7) is 2.90. The van der Waals surface area contributed by atoms with Crippen LogP contribution in [0.2, 0.25) is 0 Å². The normalized spacial score (nSPS) is 26.5. The lowest BCUT2D eigenvalue weighted by Gasteiger charge is -2.28. The van der Waals surface area contributed by atoms with Crippen molar-refractivity contribution >= 4 is 5.69 Å². The molecule has 2 atom stereocenters. The van der Waals surface area contributed by atoms with Crippen molar-refractivity contribution in [1.29, 1.82) is 0 Å². The van der Waals surface area contributed by atoms with Crippen molar-refractivity contribution in [2.45, 2.75) is 39.0 Å². The lowest BCUT2D eigenvalue weighted by molar-refractivity contribution is -0.384. The van der Waals surface area contributed by atoms with Gasteiger partial charge in [0, 0.05) is 12.1 Å². The minimum atomic E-state index is -0.331. The molecule has 0 bridgehead atoms. The van der Waals surface area contributed by atoms with Crippen LogP contribution in [0.5, 0.6) is 0 Å². The van der Waals surface area contributed by atoms with Crippen LogP contribution in [0, 0.1) is 21.4 Å². The summed E-state index contributed by atoms with van der Waals surface area (Å²) >= 11 is 0. The number of nitrogens with zero attached hydrogens (tertiary/aromatic N) is 1. The SMILES string of the molecule is CCC1CCC(CN)(Cc2cccc([N+](=O)[O-])c2)C1. The van der Waals surface area contributed by atoms with Gasteiger partial charge >= 0.3 is 0 Å². The number of nitro benzene ring substituents is 1. The van der Waals surface area contributed by atoms with E-state index in [1.807, 2.05) is 6.07 Å². The van der Waals surface area contributed by atoms with Crippen molar-refractivity contribution in [3.63, 3.8) is 0 Å².